The predicted molar refractivity (Wildman–Crippen MR) is 122 cm³/mol. The largest absolute Gasteiger partial charge is 0.457 e. The summed E-state index contributed by atoms with van der Waals surface area (Å²) < 4.78 is 8.03. The average molecular weight is 431 g/mol. The van der Waals surface area contributed by atoms with Crippen molar-refractivity contribution in [1.29, 1.82) is 0 Å². The van der Waals surface area contributed by atoms with E-state index in [0.29, 0.717) is 12.3 Å². The zero-order chi connectivity index (χ0) is 21.9. The zero-order valence-corrected chi connectivity index (χ0v) is 17.8. The highest BCUT2D eigenvalue weighted by atomic mass is 16.5. The number of carbonyl (C=O) groups is 1. The Morgan fingerprint density at radius 2 is 1.97 bits per heavy atom. The number of rotatable bonds is 8. The van der Waals surface area contributed by atoms with Crippen molar-refractivity contribution in [1.82, 2.24) is 24.9 Å². The lowest BCUT2D eigenvalue weighted by Gasteiger charge is -2.15. The van der Waals surface area contributed by atoms with Crippen LogP contribution in [-0.2, 0) is 11.3 Å². The molecule has 8 heteroatoms. The molecule has 1 amide bonds. The van der Waals surface area contributed by atoms with Crippen LogP contribution in [0.2, 0.25) is 0 Å². The van der Waals surface area contributed by atoms with Crippen molar-refractivity contribution in [3.8, 4) is 22.8 Å². The third-order valence-electron chi connectivity index (χ3n) is 5.93. The summed E-state index contributed by atoms with van der Waals surface area (Å²) in [6.45, 7) is 3.66. The Morgan fingerprint density at radius 3 is 2.75 bits per heavy atom. The maximum absolute atomic E-state index is 11.1. The van der Waals surface area contributed by atoms with E-state index in [4.69, 9.17) is 10.5 Å². The van der Waals surface area contributed by atoms with Crippen LogP contribution < -0.4 is 10.5 Å². The molecule has 164 valence electrons. The van der Waals surface area contributed by atoms with Crippen LogP contribution in [0, 0.1) is 5.92 Å². The maximum atomic E-state index is 11.1. The summed E-state index contributed by atoms with van der Waals surface area (Å²) >= 11 is 0. The van der Waals surface area contributed by atoms with Crippen LogP contribution in [0.25, 0.3) is 22.2 Å². The smallest absolute Gasteiger partial charge is 0.217 e. The second-order valence-electron chi connectivity index (χ2n) is 8.34. The Kier molecular flexibility index (Phi) is 5.60. The van der Waals surface area contributed by atoms with Gasteiger partial charge in [0.05, 0.1) is 17.8 Å². The number of nitrogens with zero attached hydrogens (tertiary/aromatic N) is 4. The first kappa shape index (κ1) is 20.3. The zero-order valence-electron chi connectivity index (χ0n) is 17.8. The molecule has 1 saturated heterocycles. The average Bonchev–Trinajstić information content (AvgIpc) is 3.53. The number of amides is 1. The molecule has 0 bridgehead atoms. The number of ether oxygens (including phenoxy) is 1. The van der Waals surface area contributed by atoms with E-state index < -0.39 is 0 Å². The number of likely N-dealkylation sites (tertiary alicyclic amines) is 1. The minimum atomic E-state index is -0.207. The summed E-state index contributed by atoms with van der Waals surface area (Å²) in [5, 5.41) is 12.7. The first-order chi connectivity index (χ1) is 15.6. The lowest BCUT2D eigenvalue weighted by molar-refractivity contribution is -0.118. The van der Waals surface area contributed by atoms with Crippen LogP contribution in [0.4, 0.5) is 0 Å². The molecule has 32 heavy (non-hydrogen) atoms. The fourth-order valence-electron chi connectivity index (χ4n) is 4.30. The molecule has 8 nitrogen and oxygen atoms in total. The van der Waals surface area contributed by atoms with Gasteiger partial charge in [0.15, 0.2) is 0 Å². The number of aromatic amines is 1. The lowest BCUT2D eigenvalue weighted by atomic mass is 10.1. The molecule has 0 radical (unpaired) electrons. The Labute approximate surface area is 186 Å². The highest BCUT2D eigenvalue weighted by Gasteiger charge is 2.23. The monoisotopic (exact) mass is 430 g/mol. The fourth-order valence-corrected chi connectivity index (χ4v) is 4.30. The predicted octanol–water partition coefficient (Wildman–Crippen LogP) is 3.42. The van der Waals surface area contributed by atoms with Crippen molar-refractivity contribution in [2.45, 2.75) is 19.4 Å². The van der Waals surface area contributed by atoms with E-state index in [-0.39, 0.29) is 5.91 Å². The van der Waals surface area contributed by atoms with E-state index in [1.54, 1.807) is 6.20 Å². The molecule has 5 rings (SSSR count). The molecule has 1 unspecified atom stereocenters. The summed E-state index contributed by atoms with van der Waals surface area (Å²) in [4.78, 5) is 13.5. The minimum Gasteiger partial charge on any atom is -0.457 e. The van der Waals surface area contributed by atoms with E-state index in [1.807, 2.05) is 53.2 Å². The van der Waals surface area contributed by atoms with Crippen molar-refractivity contribution >= 4 is 16.8 Å². The van der Waals surface area contributed by atoms with Gasteiger partial charge in [-0.15, -0.1) is 0 Å². The molecule has 2 aromatic carbocycles. The first-order valence-corrected chi connectivity index (χ1v) is 10.9. The van der Waals surface area contributed by atoms with Crippen LogP contribution >= 0.6 is 0 Å². The highest BCUT2D eigenvalue weighted by Crippen LogP contribution is 2.27. The summed E-state index contributed by atoms with van der Waals surface area (Å²) in [6, 6.07) is 15.8. The molecule has 1 aliphatic rings. The number of primary amides is 1. The Morgan fingerprint density at radius 1 is 1.12 bits per heavy atom. The summed E-state index contributed by atoms with van der Waals surface area (Å²) in [6.07, 6.45) is 5.31. The number of hydrogen-bond donors (Lipinski definition) is 2. The van der Waals surface area contributed by atoms with Crippen molar-refractivity contribution < 1.29 is 9.53 Å². The SMILES string of the molecule is NC(=O)CC1CCN(CCn2cc3cc(Oc4ccc(-c5ccn[nH]5)cc4)ccc3n2)C1. The number of benzene rings is 2. The number of carbonyl (C=O) groups excluding carboxylic acids is 1. The molecule has 2 aromatic heterocycles. The van der Waals surface area contributed by atoms with Gasteiger partial charge in [0.1, 0.15) is 11.5 Å². The summed E-state index contributed by atoms with van der Waals surface area (Å²) in [5.41, 5.74) is 8.31. The summed E-state index contributed by atoms with van der Waals surface area (Å²) in [7, 11) is 0. The van der Waals surface area contributed by atoms with Crippen molar-refractivity contribution in [2.75, 3.05) is 19.6 Å². The molecule has 1 fully saturated rings. The third-order valence-corrected chi connectivity index (χ3v) is 5.93. The van der Waals surface area contributed by atoms with Crippen molar-refractivity contribution in [2.24, 2.45) is 11.7 Å². The third kappa shape index (κ3) is 4.65. The normalized spacial score (nSPS) is 16.6. The van der Waals surface area contributed by atoms with Gasteiger partial charge in [-0.05, 0) is 73.0 Å². The Hall–Kier alpha value is -3.65. The molecule has 3 N–H and O–H groups in total. The highest BCUT2D eigenvalue weighted by molar-refractivity contribution is 5.79. The first-order valence-electron chi connectivity index (χ1n) is 10.9. The van der Waals surface area contributed by atoms with E-state index in [1.165, 1.54) is 0 Å². The van der Waals surface area contributed by atoms with Crippen LogP contribution in [-0.4, -0.2) is 50.4 Å². The molecule has 1 atom stereocenters. The molecular formula is C24H26N6O2. The van der Waals surface area contributed by atoms with Gasteiger partial charge >= 0.3 is 0 Å². The quantitative estimate of drug-likeness (QED) is 0.446. The van der Waals surface area contributed by atoms with Gasteiger partial charge < -0.3 is 15.4 Å². The molecule has 4 aromatic rings. The van der Waals surface area contributed by atoms with Crippen LogP contribution in [0.3, 0.4) is 0 Å². The van der Waals surface area contributed by atoms with E-state index in [9.17, 15) is 4.79 Å². The van der Waals surface area contributed by atoms with Gasteiger partial charge in [0.2, 0.25) is 5.91 Å². The van der Waals surface area contributed by atoms with Crippen LogP contribution in [0.15, 0.2) is 60.9 Å². The van der Waals surface area contributed by atoms with E-state index in [0.717, 1.165) is 66.3 Å². The number of H-pyrrole nitrogens is 1. The Bertz CT molecular complexity index is 1200. The second-order valence-corrected chi connectivity index (χ2v) is 8.34. The van der Waals surface area contributed by atoms with Crippen molar-refractivity contribution in [3.63, 3.8) is 0 Å². The van der Waals surface area contributed by atoms with Gasteiger partial charge in [-0.3, -0.25) is 14.6 Å². The molecule has 0 spiro atoms. The van der Waals surface area contributed by atoms with E-state index in [2.05, 4.69) is 26.4 Å². The van der Waals surface area contributed by atoms with E-state index >= 15 is 0 Å². The van der Waals surface area contributed by atoms with Gasteiger partial charge in [0.25, 0.3) is 0 Å². The molecule has 3 heterocycles. The number of nitrogens with two attached hydrogens (primary N) is 1. The lowest BCUT2D eigenvalue weighted by Crippen LogP contribution is -2.26. The number of hydrogen-bond acceptors (Lipinski definition) is 5. The number of aromatic nitrogens is 4. The second kappa shape index (κ2) is 8.84. The van der Waals surface area contributed by atoms with Crippen LogP contribution in [0.1, 0.15) is 12.8 Å². The van der Waals surface area contributed by atoms with Gasteiger partial charge in [0, 0.05) is 37.3 Å². The number of nitrogens with one attached hydrogen (secondary N) is 1. The molecule has 0 aliphatic carbocycles. The summed E-state index contributed by atoms with van der Waals surface area (Å²) in [5.74, 6) is 1.74. The number of fused-ring (bicyclic) bond motifs is 1. The molecule has 1 aliphatic heterocycles. The van der Waals surface area contributed by atoms with Gasteiger partial charge in [-0.25, -0.2) is 0 Å². The molecule has 0 saturated carbocycles. The van der Waals surface area contributed by atoms with Crippen molar-refractivity contribution in [3.05, 3.63) is 60.9 Å². The topological polar surface area (TPSA) is 102 Å². The molecular weight excluding hydrogens is 404 g/mol. The van der Waals surface area contributed by atoms with Crippen LogP contribution in [0.5, 0.6) is 11.5 Å². The maximum Gasteiger partial charge on any atom is 0.217 e. The fraction of sp³-hybridized carbons (Fsp3) is 0.292. The Balaban J connectivity index is 1.20. The van der Waals surface area contributed by atoms with Gasteiger partial charge in [-0.1, -0.05) is 0 Å². The minimum absolute atomic E-state index is 0.207. The van der Waals surface area contributed by atoms with Gasteiger partial charge in [-0.2, -0.15) is 10.2 Å². The standard InChI is InChI=1S/C24H26N6O2/c25-24(31)13-17-8-10-29(15-17)11-12-30-16-19-14-21(5-6-23(19)28-30)32-20-3-1-18(2-4-20)22-7-9-26-27-22/h1-7,9,14,16-17H,8,10-13,15H2,(H2,25,31)(H,26,27).